The van der Waals surface area contributed by atoms with Crippen molar-refractivity contribution in [3.8, 4) is 11.8 Å². The number of amides is 1. The molecule has 2 atom stereocenters. The van der Waals surface area contributed by atoms with Crippen LogP contribution in [0.1, 0.15) is 25.8 Å². The van der Waals surface area contributed by atoms with Gasteiger partial charge in [0.1, 0.15) is 5.75 Å². The highest BCUT2D eigenvalue weighted by atomic mass is 16.5. The Bertz CT molecular complexity index is 602. The molecule has 0 bridgehead atoms. The minimum absolute atomic E-state index is 0.0583. The van der Waals surface area contributed by atoms with Gasteiger partial charge >= 0.3 is 0 Å². The fourth-order valence-electron chi connectivity index (χ4n) is 1.69. The van der Waals surface area contributed by atoms with E-state index in [1.54, 1.807) is 12.1 Å². The van der Waals surface area contributed by atoms with Crippen LogP contribution < -0.4 is 10.1 Å². The van der Waals surface area contributed by atoms with Crippen molar-refractivity contribution in [2.24, 2.45) is 5.92 Å². The normalized spacial score (nSPS) is 13.2. The van der Waals surface area contributed by atoms with Gasteiger partial charge < -0.3 is 10.1 Å². The van der Waals surface area contributed by atoms with Crippen LogP contribution in [0.4, 0.5) is 0 Å². The second kappa shape index (κ2) is 8.63. The summed E-state index contributed by atoms with van der Waals surface area (Å²) in [7, 11) is 1.39. The highest BCUT2D eigenvalue weighted by Gasteiger charge is 2.23. The Morgan fingerprint density at radius 1 is 1.41 bits per heavy atom. The van der Waals surface area contributed by atoms with E-state index in [4.69, 9.17) is 10.00 Å². The lowest BCUT2D eigenvalue weighted by molar-refractivity contribution is -0.129. The van der Waals surface area contributed by atoms with Crippen LogP contribution in [0.25, 0.3) is 6.08 Å². The van der Waals surface area contributed by atoms with Gasteiger partial charge in [-0.05, 0) is 31.6 Å². The van der Waals surface area contributed by atoms with Crippen molar-refractivity contribution in [1.29, 1.82) is 5.26 Å². The van der Waals surface area contributed by atoms with E-state index in [2.05, 4.69) is 5.32 Å². The van der Waals surface area contributed by atoms with Gasteiger partial charge in [-0.25, -0.2) is 0 Å². The number of nitrogens with one attached hydrogen (secondary N) is 1. The summed E-state index contributed by atoms with van der Waals surface area (Å²) in [5.74, 6) is -1.83. The molecular weight excluding hydrogens is 280 g/mol. The van der Waals surface area contributed by atoms with E-state index >= 15 is 0 Å². The monoisotopic (exact) mass is 300 g/mol. The maximum atomic E-state index is 11.9. The van der Waals surface area contributed by atoms with Crippen LogP contribution in [0.3, 0.4) is 0 Å². The lowest BCUT2D eigenvalue weighted by atomic mass is 10.0. The molecule has 0 unspecified atom stereocenters. The molecule has 0 radical (unpaired) electrons. The maximum absolute atomic E-state index is 11.9. The molecule has 1 aromatic rings. The van der Waals surface area contributed by atoms with E-state index in [-0.39, 0.29) is 6.10 Å². The minimum Gasteiger partial charge on any atom is -0.490 e. The Balaban J connectivity index is 2.92. The number of hydrogen-bond donors (Lipinski definition) is 1. The van der Waals surface area contributed by atoms with Crippen LogP contribution in [0.15, 0.2) is 30.3 Å². The topological polar surface area (TPSA) is 79.2 Å². The lowest BCUT2D eigenvalue weighted by Crippen LogP contribution is -2.31. The number of benzene rings is 1. The average Bonchev–Trinajstić information content (AvgIpc) is 2.54. The van der Waals surface area contributed by atoms with E-state index < -0.39 is 17.6 Å². The molecule has 0 saturated heterocycles. The first-order valence-corrected chi connectivity index (χ1v) is 7.12. The standard InChI is InChI=1S/C17H20N2O3/c1-4-12(2)22-16-8-6-5-7-13(16)9-10-15(20)14(11-18)17(21)19-3/h5-10,12,14H,4H2,1-3H3,(H,19,21)/b10-9+/t12-,14+/m0/s1. The molecule has 1 amide bonds. The van der Waals surface area contributed by atoms with Gasteiger partial charge in [-0.1, -0.05) is 25.1 Å². The van der Waals surface area contributed by atoms with Crippen LogP contribution in [0, 0.1) is 17.2 Å². The molecule has 1 N–H and O–H groups in total. The fourth-order valence-corrected chi connectivity index (χ4v) is 1.69. The maximum Gasteiger partial charge on any atom is 0.245 e. The minimum atomic E-state index is -1.33. The van der Waals surface area contributed by atoms with Gasteiger partial charge in [0.2, 0.25) is 5.91 Å². The summed E-state index contributed by atoms with van der Waals surface area (Å²) in [6.45, 7) is 3.98. The van der Waals surface area contributed by atoms with Gasteiger partial charge in [0, 0.05) is 12.6 Å². The van der Waals surface area contributed by atoms with Gasteiger partial charge in [-0.3, -0.25) is 9.59 Å². The highest BCUT2D eigenvalue weighted by Crippen LogP contribution is 2.21. The molecule has 5 heteroatoms. The molecule has 0 saturated carbocycles. The molecule has 5 nitrogen and oxygen atoms in total. The molecule has 0 aliphatic heterocycles. The number of nitrogens with zero attached hydrogens (tertiary/aromatic N) is 1. The Labute approximate surface area is 130 Å². The molecule has 0 fully saturated rings. The molecule has 0 spiro atoms. The summed E-state index contributed by atoms with van der Waals surface area (Å²) < 4.78 is 5.78. The summed E-state index contributed by atoms with van der Waals surface area (Å²) in [4.78, 5) is 23.4. The van der Waals surface area contributed by atoms with Gasteiger partial charge in [-0.2, -0.15) is 5.26 Å². The Kier molecular flexibility index (Phi) is 6.84. The van der Waals surface area contributed by atoms with E-state index in [1.807, 2.05) is 38.1 Å². The van der Waals surface area contributed by atoms with Crippen molar-refractivity contribution in [3.05, 3.63) is 35.9 Å². The third kappa shape index (κ3) is 4.74. The zero-order valence-electron chi connectivity index (χ0n) is 13.0. The smallest absolute Gasteiger partial charge is 0.245 e. The predicted octanol–water partition coefficient (Wildman–Crippen LogP) is 2.33. The van der Waals surface area contributed by atoms with Gasteiger partial charge in [0.25, 0.3) is 0 Å². The summed E-state index contributed by atoms with van der Waals surface area (Å²) in [5.41, 5.74) is 0.727. The van der Waals surface area contributed by atoms with Crippen LogP contribution >= 0.6 is 0 Å². The van der Waals surface area contributed by atoms with Crippen molar-refractivity contribution in [2.75, 3.05) is 7.05 Å². The van der Waals surface area contributed by atoms with Crippen molar-refractivity contribution in [2.45, 2.75) is 26.4 Å². The van der Waals surface area contributed by atoms with E-state index in [0.717, 1.165) is 12.0 Å². The van der Waals surface area contributed by atoms with Crippen LogP contribution in [-0.2, 0) is 9.59 Å². The van der Waals surface area contributed by atoms with E-state index in [9.17, 15) is 9.59 Å². The molecule has 1 rings (SSSR count). The lowest BCUT2D eigenvalue weighted by Gasteiger charge is -2.14. The number of ether oxygens (including phenoxy) is 1. The Morgan fingerprint density at radius 2 is 2.09 bits per heavy atom. The molecule has 22 heavy (non-hydrogen) atoms. The molecule has 116 valence electrons. The van der Waals surface area contributed by atoms with Gasteiger partial charge in [0.15, 0.2) is 11.7 Å². The second-order valence-corrected chi connectivity index (χ2v) is 4.79. The average molecular weight is 300 g/mol. The zero-order valence-corrected chi connectivity index (χ0v) is 13.0. The number of ketones is 1. The summed E-state index contributed by atoms with van der Waals surface area (Å²) in [6, 6.07) is 9.00. The van der Waals surface area contributed by atoms with Crippen LogP contribution in [0.2, 0.25) is 0 Å². The number of rotatable bonds is 7. The van der Waals surface area contributed by atoms with Crippen molar-refractivity contribution in [3.63, 3.8) is 0 Å². The van der Waals surface area contributed by atoms with Gasteiger partial charge in [-0.15, -0.1) is 0 Å². The van der Waals surface area contributed by atoms with E-state index in [0.29, 0.717) is 5.75 Å². The Hall–Kier alpha value is -2.61. The third-order valence-corrected chi connectivity index (χ3v) is 3.17. The number of hydrogen-bond acceptors (Lipinski definition) is 4. The van der Waals surface area contributed by atoms with Crippen LogP contribution in [0.5, 0.6) is 5.75 Å². The number of carbonyl (C=O) groups excluding carboxylic acids is 2. The quantitative estimate of drug-likeness (QED) is 0.619. The number of nitriles is 1. The first kappa shape index (κ1) is 17.4. The Morgan fingerprint density at radius 3 is 2.68 bits per heavy atom. The molecule has 0 aliphatic rings. The van der Waals surface area contributed by atoms with Crippen molar-refractivity contribution >= 4 is 17.8 Å². The second-order valence-electron chi connectivity index (χ2n) is 4.79. The summed E-state index contributed by atoms with van der Waals surface area (Å²) in [6.07, 6.45) is 3.72. The highest BCUT2D eigenvalue weighted by molar-refractivity contribution is 6.10. The first-order valence-electron chi connectivity index (χ1n) is 7.12. The molecular formula is C17H20N2O3. The van der Waals surface area contributed by atoms with Crippen LogP contribution in [-0.4, -0.2) is 24.8 Å². The predicted molar refractivity (Wildman–Crippen MR) is 84.0 cm³/mol. The van der Waals surface area contributed by atoms with Crippen molar-refractivity contribution in [1.82, 2.24) is 5.32 Å². The number of allylic oxidation sites excluding steroid dienone is 1. The SMILES string of the molecule is CC[C@H](C)Oc1ccccc1/C=C/C(=O)[C@@H](C#N)C(=O)NC. The first-order chi connectivity index (χ1) is 10.5. The molecule has 1 aromatic carbocycles. The van der Waals surface area contributed by atoms with Gasteiger partial charge in [0.05, 0.1) is 12.2 Å². The van der Waals surface area contributed by atoms with Crippen molar-refractivity contribution < 1.29 is 14.3 Å². The fraction of sp³-hybridized carbons (Fsp3) is 0.353. The molecule has 0 aliphatic carbocycles. The summed E-state index contributed by atoms with van der Waals surface area (Å²) in [5, 5.41) is 11.2. The third-order valence-electron chi connectivity index (χ3n) is 3.17. The number of para-hydroxylation sites is 1. The van der Waals surface area contributed by atoms with E-state index in [1.165, 1.54) is 13.1 Å². The largest absolute Gasteiger partial charge is 0.490 e. The molecule has 0 heterocycles. The zero-order chi connectivity index (χ0) is 16.5. The molecule has 0 aromatic heterocycles. The summed E-state index contributed by atoms with van der Waals surface area (Å²) >= 11 is 0. The number of carbonyl (C=O) groups is 2.